The van der Waals surface area contributed by atoms with Crippen molar-refractivity contribution in [1.82, 2.24) is 20.1 Å². The van der Waals surface area contributed by atoms with Crippen LogP contribution in [0.15, 0.2) is 0 Å². The average Bonchev–Trinajstić information content (AvgIpc) is 3.08. The average molecular weight is 294 g/mol. The molecule has 110 valence electrons. The Morgan fingerprint density at radius 2 is 2.05 bits per heavy atom. The van der Waals surface area contributed by atoms with Crippen LogP contribution in [0.3, 0.4) is 0 Å². The number of nitrogens with zero attached hydrogens (tertiary/aromatic N) is 3. The lowest BCUT2D eigenvalue weighted by Crippen LogP contribution is -2.52. The van der Waals surface area contributed by atoms with Crippen LogP contribution < -0.4 is 5.32 Å². The summed E-state index contributed by atoms with van der Waals surface area (Å²) in [6, 6.07) is 0.666. The highest BCUT2D eigenvalue weighted by Crippen LogP contribution is 2.20. The van der Waals surface area contributed by atoms with Crippen LogP contribution in [-0.2, 0) is 0 Å². The summed E-state index contributed by atoms with van der Waals surface area (Å²) in [7, 11) is 0. The van der Waals surface area contributed by atoms with Crippen LogP contribution in [0, 0.1) is 13.8 Å². The van der Waals surface area contributed by atoms with E-state index in [0.717, 1.165) is 54.8 Å². The molecule has 5 nitrogen and oxygen atoms in total. The number of thiazole rings is 1. The highest BCUT2D eigenvalue weighted by atomic mass is 32.1. The number of hydrogen-bond donors (Lipinski definition) is 1. The second kappa shape index (κ2) is 5.79. The number of carbonyl (C=O) groups excluding carboxylic acids is 1. The van der Waals surface area contributed by atoms with Crippen LogP contribution in [0.4, 0.5) is 0 Å². The third-order valence-corrected chi connectivity index (χ3v) is 5.31. The minimum atomic E-state index is 0.164. The third-order valence-electron chi connectivity index (χ3n) is 4.25. The molecule has 0 spiro atoms. The van der Waals surface area contributed by atoms with Gasteiger partial charge in [0, 0.05) is 38.8 Å². The number of hydrogen-bond acceptors (Lipinski definition) is 5. The molecule has 0 saturated carbocycles. The molecule has 2 aliphatic heterocycles. The predicted molar refractivity (Wildman–Crippen MR) is 80.3 cm³/mol. The SMILES string of the molecule is Cc1nc(C)c(C(=O)N2CCN(C3CCNC3)CC2)s1. The molecule has 0 aromatic carbocycles. The Kier molecular flexibility index (Phi) is 4.05. The quantitative estimate of drug-likeness (QED) is 0.880. The molecule has 1 aromatic heterocycles. The molecule has 2 saturated heterocycles. The highest BCUT2D eigenvalue weighted by Gasteiger charge is 2.29. The lowest BCUT2D eigenvalue weighted by atomic mass is 10.2. The highest BCUT2D eigenvalue weighted by molar-refractivity contribution is 7.13. The van der Waals surface area contributed by atoms with Gasteiger partial charge in [-0.25, -0.2) is 4.98 Å². The van der Waals surface area contributed by atoms with E-state index in [9.17, 15) is 4.79 Å². The lowest BCUT2D eigenvalue weighted by molar-refractivity contribution is 0.0587. The van der Waals surface area contributed by atoms with E-state index in [0.29, 0.717) is 6.04 Å². The second-order valence-corrected chi connectivity index (χ2v) is 6.83. The summed E-state index contributed by atoms with van der Waals surface area (Å²) in [5.41, 5.74) is 0.875. The first kappa shape index (κ1) is 14.0. The summed E-state index contributed by atoms with van der Waals surface area (Å²) in [6.45, 7) is 9.78. The van der Waals surface area contributed by atoms with Crippen LogP contribution in [-0.4, -0.2) is 66.0 Å². The van der Waals surface area contributed by atoms with Crippen LogP contribution in [0.5, 0.6) is 0 Å². The summed E-state index contributed by atoms with van der Waals surface area (Å²) in [4.78, 5) is 22.2. The summed E-state index contributed by atoms with van der Waals surface area (Å²) >= 11 is 1.52. The van der Waals surface area contributed by atoms with Crippen molar-refractivity contribution < 1.29 is 4.79 Å². The van der Waals surface area contributed by atoms with E-state index in [2.05, 4.69) is 15.2 Å². The Bertz CT molecular complexity index is 487. The molecule has 3 heterocycles. The number of rotatable bonds is 2. The number of carbonyl (C=O) groups is 1. The number of nitrogens with one attached hydrogen (secondary N) is 1. The largest absolute Gasteiger partial charge is 0.335 e. The first-order valence-electron chi connectivity index (χ1n) is 7.33. The van der Waals surface area contributed by atoms with Gasteiger partial charge in [0.15, 0.2) is 0 Å². The Hall–Kier alpha value is -0.980. The van der Waals surface area contributed by atoms with Gasteiger partial charge in [-0.15, -0.1) is 11.3 Å². The number of aryl methyl sites for hydroxylation is 2. The molecule has 6 heteroatoms. The van der Waals surface area contributed by atoms with Gasteiger partial charge in [0.1, 0.15) is 4.88 Å². The maximum absolute atomic E-state index is 12.5. The van der Waals surface area contributed by atoms with Gasteiger partial charge in [-0.2, -0.15) is 0 Å². The van der Waals surface area contributed by atoms with Gasteiger partial charge in [-0.05, 0) is 26.8 Å². The van der Waals surface area contributed by atoms with Crippen LogP contribution in [0.25, 0.3) is 0 Å². The van der Waals surface area contributed by atoms with E-state index in [1.54, 1.807) is 0 Å². The maximum Gasteiger partial charge on any atom is 0.265 e. The van der Waals surface area contributed by atoms with Crippen molar-refractivity contribution in [2.75, 3.05) is 39.3 Å². The van der Waals surface area contributed by atoms with Gasteiger partial charge in [0.25, 0.3) is 5.91 Å². The van der Waals surface area contributed by atoms with Gasteiger partial charge in [0.05, 0.1) is 10.7 Å². The zero-order valence-electron chi connectivity index (χ0n) is 12.2. The Morgan fingerprint density at radius 1 is 1.30 bits per heavy atom. The number of aromatic nitrogens is 1. The lowest BCUT2D eigenvalue weighted by Gasteiger charge is -2.37. The molecular weight excluding hydrogens is 272 g/mol. The minimum absolute atomic E-state index is 0.164. The molecule has 2 aliphatic rings. The predicted octanol–water partition coefficient (Wildman–Crippen LogP) is 0.880. The van der Waals surface area contributed by atoms with Gasteiger partial charge in [-0.1, -0.05) is 0 Å². The van der Waals surface area contributed by atoms with Crippen molar-refractivity contribution in [3.05, 3.63) is 15.6 Å². The molecule has 0 bridgehead atoms. The van der Waals surface area contributed by atoms with E-state index in [1.165, 1.54) is 17.8 Å². The van der Waals surface area contributed by atoms with Crippen molar-refractivity contribution in [3.63, 3.8) is 0 Å². The molecule has 1 amide bonds. The van der Waals surface area contributed by atoms with Crippen molar-refractivity contribution in [2.45, 2.75) is 26.3 Å². The fourth-order valence-electron chi connectivity index (χ4n) is 3.11. The fourth-order valence-corrected chi connectivity index (χ4v) is 4.00. The second-order valence-electron chi connectivity index (χ2n) is 5.62. The first-order chi connectivity index (χ1) is 9.65. The van der Waals surface area contributed by atoms with Gasteiger partial charge in [0.2, 0.25) is 0 Å². The molecule has 20 heavy (non-hydrogen) atoms. The van der Waals surface area contributed by atoms with Gasteiger partial charge >= 0.3 is 0 Å². The van der Waals surface area contributed by atoms with Crippen LogP contribution in [0.1, 0.15) is 26.8 Å². The monoisotopic (exact) mass is 294 g/mol. The molecule has 0 aliphatic carbocycles. The summed E-state index contributed by atoms with van der Waals surface area (Å²) in [6.07, 6.45) is 1.24. The molecular formula is C14H22N4OS. The summed E-state index contributed by atoms with van der Waals surface area (Å²) in [5, 5.41) is 4.38. The summed E-state index contributed by atoms with van der Waals surface area (Å²) < 4.78 is 0. The van der Waals surface area contributed by atoms with Crippen LogP contribution >= 0.6 is 11.3 Å². The Morgan fingerprint density at radius 3 is 2.60 bits per heavy atom. The Labute approximate surface area is 124 Å². The maximum atomic E-state index is 12.5. The number of piperazine rings is 1. The van der Waals surface area contributed by atoms with E-state index in [1.807, 2.05) is 18.7 Å². The molecule has 2 fully saturated rings. The summed E-state index contributed by atoms with van der Waals surface area (Å²) in [5.74, 6) is 0.164. The van der Waals surface area contributed by atoms with E-state index in [4.69, 9.17) is 0 Å². The molecule has 1 atom stereocenters. The van der Waals surface area contributed by atoms with E-state index >= 15 is 0 Å². The van der Waals surface area contributed by atoms with Crippen molar-refractivity contribution in [3.8, 4) is 0 Å². The van der Waals surface area contributed by atoms with Crippen molar-refractivity contribution >= 4 is 17.2 Å². The molecule has 0 radical (unpaired) electrons. The molecule has 1 unspecified atom stereocenters. The van der Waals surface area contributed by atoms with Gasteiger partial charge in [-0.3, -0.25) is 9.69 Å². The topological polar surface area (TPSA) is 48.5 Å². The van der Waals surface area contributed by atoms with Crippen molar-refractivity contribution in [2.24, 2.45) is 0 Å². The fraction of sp³-hybridized carbons (Fsp3) is 0.714. The molecule has 3 rings (SSSR count). The first-order valence-corrected chi connectivity index (χ1v) is 8.15. The number of amides is 1. The zero-order valence-corrected chi connectivity index (χ0v) is 13.0. The minimum Gasteiger partial charge on any atom is -0.335 e. The molecule has 1 aromatic rings. The van der Waals surface area contributed by atoms with Crippen LogP contribution in [0.2, 0.25) is 0 Å². The Balaban J connectivity index is 1.60. The zero-order chi connectivity index (χ0) is 14.1. The normalized spacial score (nSPS) is 24.3. The van der Waals surface area contributed by atoms with E-state index in [-0.39, 0.29) is 5.91 Å². The standard InChI is InChI=1S/C14H22N4OS/c1-10-13(20-11(2)16-10)14(19)18-7-5-17(6-8-18)12-3-4-15-9-12/h12,15H,3-9H2,1-2H3. The van der Waals surface area contributed by atoms with Crippen molar-refractivity contribution in [1.29, 1.82) is 0 Å². The van der Waals surface area contributed by atoms with E-state index < -0.39 is 0 Å². The smallest absolute Gasteiger partial charge is 0.265 e. The van der Waals surface area contributed by atoms with Gasteiger partial charge < -0.3 is 10.2 Å². The third kappa shape index (κ3) is 2.73. The molecule has 1 N–H and O–H groups in total.